The molecule has 0 aromatic carbocycles. The van der Waals surface area contributed by atoms with Crippen LogP contribution in [0.3, 0.4) is 0 Å². The predicted octanol–water partition coefficient (Wildman–Crippen LogP) is 4.64. The van der Waals surface area contributed by atoms with E-state index in [1.54, 1.807) is 0 Å². The predicted molar refractivity (Wildman–Crippen MR) is 40.5 cm³/mol. The maximum atomic E-state index is 11.9. The Morgan fingerprint density at radius 1 is 0.550 bits per heavy atom. The van der Waals surface area contributed by atoms with E-state index in [2.05, 4.69) is 4.18 Å². The molecule has 0 aliphatic rings. The molecule has 0 aromatic heterocycles. The van der Waals surface area contributed by atoms with E-state index in [1.807, 2.05) is 0 Å². The van der Waals surface area contributed by atoms with Gasteiger partial charge in [-0.1, -0.05) is 0 Å². The quantitative estimate of drug-likeness (QED) is 0.542. The fraction of sp³-hybridized carbons (Fsp3) is 1.00. The smallest absolute Gasteiger partial charge is 0.292 e. The SMILES string of the molecule is FC(F)(F)C(OSC(C(F)(F)F)C(F)(F)F)C(F)(F)F. The van der Waals surface area contributed by atoms with Gasteiger partial charge in [-0.25, -0.2) is 0 Å². The molecule has 20 heavy (non-hydrogen) atoms. The standard InChI is InChI=1S/C6H2F12OS/c7-3(8,9)1(4(10,11)12)19-20-2(5(13,14)15)6(16,17)18/h1-2H. The van der Waals surface area contributed by atoms with Crippen molar-refractivity contribution in [2.45, 2.75) is 36.1 Å². The monoisotopic (exact) mass is 350 g/mol. The Balaban J connectivity index is 5.10. The van der Waals surface area contributed by atoms with Crippen LogP contribution in [0.2, 0.25) is 0 Å². The van der Waals surface area contributed by atoms with Crippen LogP contribution in [-0.2, 0) is 4.18 Å². The van der Waals surface area contributed by atoms with Gasteiger partial charge in [0.05, 0.1) is 0 Å². The zero-order valence-electron chi connectivity index (χ0n) is 8.51. The lowest BCUT2D eigenvalue weighted by Gasteiger charge is -2.26. The third kappa shape index (κ3) is 5.85. The molecule has 1 nitrogen and oxygen atoms in total. The molecule has 0 saturated carbocycles. The second-order valence-corrected chi connectivity index (χ2v) is 3.98. The second-order valence-electron chi connectivity index (χ2n) is 3.12. The van der Waals surface area contributed by atoms with Gasteiger partial charge < -0.3 is 0 Å². The highest BCUT2D eigenvalue weighted by atomic mass is 32.2. The van der Waals surface area contributed by atoms with Gasteiger partial charge in [0.15, 0.2) is 0 Å². The fourth-order valence-electron chi connectivity index (χ4n) is 0.700. The lowest BCUT2D eigenvalue weighted by molar-refractivity contribution is -0.298. The van der Waals surface area contributed by atoms with Crippen LogP contribution < -0.4 is 0 Å². The molecule has 0 saturated heterocycles. The minimum absolute atomic E-state index is 1.99. The first kappa shape index (κ1) is 19.5. The summed E-state index contributed by atoms with van der Waals surface area (Å²) in [6.07, 6.45) is -29.5. The Kier molecular flexibility index (Phi) is 5.54. The second kappa shape index (κ2) is 5.69. The number of alkyl halides is 12. The van der Waals surface area contributed by atoms with E-state index in [1.165, 1.54) is 0 Å². The van der Waals surface area contributed by atoms with Crippen molar-refractivity contribution < 1.29 is 56.9 Å². The highest BCUT2D eigenvalue weighted by Crippen LogP contribution is 2.45. The van der Waals surface area contributed by atoms with Crippen LogP contribution in [0.4, 0.5) is 52.7 Å². The molecule has 0 amide bonds. The Labute approximate surface area is 106 Å². The van der Waals surface area contributed by atoms with E-state index in [-0.39, 0.29) is 0 Å². The summed E-state index contributed by atoms with van der Waals surface area (Å²) in [4.78, 5) is 0. The van der Waals surface area contributed by atoms with Gasteiger partial charge in [-0.3, -0.25) is 4.18 Å². The summed E-state index contributed by atoms with van der Waals surface area (Å²) in [6.45, 7) is 0. The molecule has 0 rings (SSSR count). The van der Waals surface area contributed by atoms with Crippen LogP contribution in [0.1, 0.15) is 0 Å². The molecule has 14 heteroatoms. The topological polar surface area (TPSA) is 9.23 Å². The van der Waals surface area contributed by atoms with Gasteiger partial charge in [-0.2, -0.15) is 52.7 Å². The van der Waals surface area contributed by atoms with Crippen molar-refractivity contribution in [3.63, 3.8) is 0 Å². The molecular formula is C6H2F12OS. The maximum Gasteiger partial charge on any atom is 0.424 e. The first-order valence-corrected chi connectivity index (χ1v) is 4.87. The van der Waals surface area contributed by atoms with Gasteiger partial charge in [0.25, 0.3) is 6.10 Å². The van der Waals surface area contributed by atoms with Gasteiger partial charge in [0.2, 0.25) is 5.25 Å². The summed E-state index contributed by atoms with van der Waals surface area (Å²) in [5, 5.41) is -4.54. The van der Waals surface area contributed by atoms with E-state index in [4.69, 9.17) is 0 Å². The molecule has 0 atom stereocenters. The fourth-order valence-corrected chi connectivity index (χ4v) is 1.36. The van der Waals surface area contributed by atoms with E-state index < -0.39 is 48.1 Å². The number of hydrogen-bond acceptors (Lipinski definition) is 2. The van der Waals surface area contributed by atoms with Gasteiger partial charge in [0, 0.05) is 12.0 Å². The molecule has 0 heterocycles. The van der Waals surface area contributed by atoms with Gasteiger partial charge in [-0.15, -0.1) is 0 Å². The lowest BCUT2D eigenvalue weighted by atomic mass is 10.3. The van der Waals surface area contributed by atoms with Crippen molar-refractivity contribution >= 4 is 12.0 Å². The third-order valence-electron chi connectivity index (χ3n) is 1.44. The molecule has 0 bridgehead atoms. The first-order valence-electron chi connectivity index (χ1n) is 4.06. The van der Waals surface area contributed by atoms with Gasteiger partial charge in [0.1, 0.15) is 0 Å². The molecule has 0 N–H and O–H groups in total. The Bertz CT molecular complexity index is 250. The minimum atomic E-state index is -6.22. The molecule has 122 valence electrons. The summed E-state index contributed by atoms with van der Waals surface area (Å²) >= 11 is -1.99. The summed E-state index contributed by atoms with van der Waals surface area (Å²) < 4.78 is 145. The Morgan fingerprint density at radius 3 is 1.05 bits per heavy atom. The average Bonchev–Trinajstić information content (AvgIpc) is 2.02. The highest BCUT2D eigenvalue weighted by Gasteiger charge is 2.62. The molecule has 0 unspecified atom stereocenters. The van der Waals surface area contributed by atoms with Crippen LogP contribution in [0, 0.1) is 0 Å². The lowest BCUT2D eigenvalue weighted by Crippen LogP contribution is -2.45. The van der Waals surface area contributed by atoms with E-state index >= 15 is 0 Å². The van der Waals surface area contributed by atoms with Crippen molar-refractivity contribution in [3.8, 4) is 0 Å². The Morgan fingerprint density at radius 2 is 0.850 bits per heavy atom. The van der Waals surface area contributed by atoms with Gasteiger partial charge in [-0.05, 0) is 0 Å². The van der Waals surface area contributed by atoms with E-state index in [0.29, 0.717) is 0 Å². The summed E-state index contributed by atoms with van der Waals surface area (Å²) in [5.41, 5.74) is 0. The molecule has 0 aliphatic heterocycles. The molecule has 0 spiro atoms. The molecular weight excluding hydrogens is 348 g/mol. The van der Waals surface area contributed by atoms with Crippen molar-refractivity contribution in [1.29, 1.82) is 0 Å². The molecule has 0 radical (unpaired) electrons. The first-order chi connectivity index (χ1) is 8.47. The van der Waals surface area contributed by atoms with Crippen molar-refractivity contribution in [2.24, 2.45) is 0 Å². The third-order valence-corrected chi connectivity index (χ3v) is 2.47. The normalized spacial score (nSPS) is 15.3. The zero-order chi connectivity index (χ0) is 16.6. The number of hydrogen-bond donors (Lipinski definition) is 0. The Hall–Kier alpha value is -0.530. The van der Waals surface area contributed by atoms with E-state index in [9.17, 15) is 52.7 Å². The molecule has 0 aliphatic carbocycles. The molecule has 0 aromatic rings. The average molecular weight is 350 g/mol. The number of rotatable bonds is 3. The van der Waals surface area contributed by atoms with Crippen molar-refractivity contribution in [3.05, 3.63) is 0 Å². The minimum Gasteiger partial charge on any atom is -0.292 e. The summed E-state index contributed by atoms with van der Waals surface area (Å²) in [5.74, 6) is 0. The van der Waals surface area contributed by atoms with Crippen LogP contribution >= 0.6 is 12.0 Å². The maximum absolute atomic E-state index is 11.9. The van der Waals surface area contributed by atoms with Crippen molar-refractivity contribution in [1.82, 2.24) is 0 Å². The van der Waals surface area contributed by atoms with Crippen LogP contribution in [0.5, 0.6) is 0 Å². The zero-order valence-corrected chi connectivity index (χ0v) is 9.32. The number of halogens is 12. The summed E-state index contributed by atoms with van der Waals surface area (Å²) in [7, 11) is 0. The van der Waals surface area contributed by atoms with Crippen LogP contribution in [0.15, 0.2) is 0 Å². The highest BCUT2D eigenvalue weighted by molar-refractivity contribution is 7.95. The van der Waals surface area contributed by atoms with Crippen LogP contribution in [0.25, 0.3) is 0 Å². The van der Waals surface area contributed by atoms with Crippen molar-refractivity contribution in [2.75, 3.05) is 0 Å². The van der Waals surface area contributed by atoms with Gasteiger partial charge >= 0.3 is 24.7 Å². The van der Waals surface area contributed by atoms with E-state index in [0.717, 1.165) is 0 Å². The molecule has 0 fully saturated rings. The largest absolute Gasteiger partial charge is 0.424 e. The van der Waals surface area contributed by atoms with Crippen LogP contribution in [-0.4, -0.2) is 36.1 Å². The summed E-state index contributed by atoms with van der Waals surface area (Å²) in [6, 6.07) is 0.